The summed E-state index contributed by atoms with van der Waals surface area (Å²) in [6.07, 6.45) is 0. The lowest BCUT2D eigenvalue weighted by Gasteiger charge is -2.40. The van der Waals surface area contributed by atoms with Crippen LogP contribution in [-0.4, -0.2) is 9.97 Å². The van der Waals surface area contributed by atoms with Gasteiger partial charge in [-0.3, -0.25) is 0 Å². The highest BCUT2D eigenvalue weighted by Gasteiger charge is 2.51. The number of thiophene rings is 1. The molecule has 2 aromatic heterocycles. The predicted molar refractivity (Wildman–Crippen MR) is 221 cm³/mol. The average Bonchev–Trinajstić information content (AvgIpc) is 3.82. The quantitative estimate of drug-likeness (QED) is 0.179. The smallest absolute Gasteiger partial charge is 0.160 e. The molecule has 7 aromatic carbocycles. The van der Waals surface area contributed by atoms with E-state index in [0.717, 1.165) is 55.0 Å². The third-order valence-electron chi connectivity index (χ3n) is 12.2. The fourth-order valence-electron chi connectivity index (χ4n) is 9.83. The maximum atomic E-state index is 7.12. The van der Waals surface area contributed by atoms with E-state index in [9.17, 15) is 0 Å². The Balaban J connectivity index is 1.15. The number of rotatable bonds is 2. The van der Waals surface area contributed by atoms with E-state index < -0.39 is 5.41 Å². The van der Waals surface area contributed by atoms with Crippen LogP contribution in [0.2, 0.25) is 0 Å². The largest absolute Gasteiger partial charge is 0.456 e. The molecule has 0 amide bonds. The van der Waals surface area contributed by atoms with Crippen molar-refractivity contribution in [3.05, 3.63) is 191 Å². The van der Waals surface area contributed by atoms with E-state index in [-0.39, 0.29) is 5.41 Å². The first-order chi connectivity index (χ1) is 26.5. The van der Waals surface area contributed by atoms with E-state index in [2.05, 4.69) is 172 Å². The van der Waals surface area contributed by atoms with Crippen molar-refractivity contribution in [2.24, 2.45) is 0 Å². The van der Waals surface area contributed by atoms with Crippen LogP contribution >= 0.6 is 11.3 Å². The molecule has 0 saturated heterocycles. The first-order valence-electron chi connectivity index (χ1n) is 18.6. The minimum absolute atomic E-state index is 0.0752. The van der Waals surface area contributed by atoms with Gasteiger partial charge in [-0.15, -0.1) is 11.3 Å². The molecule has 0 saturated carbocycles. The molecule has 4 heteroatoms. The van der Waals surface area contributed by atoms with Crippen LogP contribution in [0.4, 0.5) is 0 Å². The Morgan fingerprint density at radius 2 is 1.09 bits per heavy atom. The molecule has 0 fully saturated rings. The van der Waals surface area contributed by atoms with Gasteiger partial charge in [0, 0.05) is 37.8 Å². The number of ether oxygens (including phenoxy) is 1. The van der Waals surface area contributed by atoms with Crippen molar-refractivity contribution in [1.29, 1.82) is 0 Å². The molecule has 1 spiro atoms. The van der Waals surface area contributed by atoms with Crippen LogP contribution in [0.3, 0.4) is 0 Å². The summed E-state index contributed by atoms with van der Waals surface area (Å²) in [5.41, 5.74) is 15.8. The van der Waals surface area contributed by atoms with Crippen LogP contribution in [0.5, 0.6) is 11.5 Å². The summed E-state index contributed by atoms with van der Waals surface area (Å²) in [6.45, 7) is 4.64. The lowest BCUT2D eigenvalue weighted by atomic mass is 9.65. The average molecular weight is 709 g/mol. The number of hydrogen-bond acceptors (Lipinski definition) is 4. The van der Waals surface area contributed by atoms with E-state index in [4.69, 9.17) is 14.7 Å². The van der Waals surface area contributed by atoms with Gasteiger partial charge in [0.25, 0.3) is 0 Å². The van der Waals surface area contributed by atoms with Crippen LogP contribution in [-0.2, 0) is 10.8 Å². The molecule has 1 aliphatic heterocycles. The number of aromatic nitrogens is 2. The van der Waals surface area contributed by atoms with Gasteiger partial charge < -0.3 is 4.74 Å². The van der Waals surface area contributed by atoms with E-state index >= 15 is 0 Å². The van der Waals surface area contributed by atoms with Gasteiger partial charge in [0.05, 0.1) is 21.3 Å². The van der Waals surface area contributed by atoms with Gasteiger partial charge in [0.15, 0.2) is 5.82 Å². The van der Waals surface area contributed by atoms with Crippen LogP contribution in [0.15, 0.2) is 158 Å². The van der Waals surface area contributed by atoms with Gasteiger partial charge in [0.2, 0.25) is 0 Å². The van der Waals surface area contributed by atoms with Crippen molar-refractivity contribution in [1.82, 2.24) is 9.97 Å². The number of fused-ring (bicyclic) bond motifs is 15. The van der Waals surface area contributed by atoms with Gasteiger partial charge in [-0.1, -0.05) is 147 Å². The van der Waals surface area contributed by atoms with Gasteiger partial charge in [-0.2, -0.15) is 0 Å². The van der Waals surface area contributed by atoms with E-state index in [1.807, 2.05) is 0 Å². The Hall–Kier alpha value is -6.36. The fourth-order valence-corrected chi connectivity index (χ4v) is 11.0. The van der Waals surface area contributed by atoms with Crippen LogP contribution < -0.4 is 4.74 Å². The van der Waals surface area contributed by atoms with E-state index in [1.54, 1.807) is 11.3 Å². The molecule has 254 valence electrons. The zero-order chi connectivity index (χ0) is 35.8. The molecule has 54 heavy (non-hydrogen) atoms. The van der Waals surface area contributed by atoms with Crippen LogP contribution in [0.25, 0.3) is 65.2 Å². The highest BCUT2D eigenvalue weighted by molar-refractivity contribution is 7.26. The molecule has 0 atom stereocenters. The van der Waals surface area contributed by atoms with E-state index in [0.29, 0.717) is 5.82 Å². The minimum Gasteiger partial charge on any atom is -0.456 e. The highest BCUT2D eigenvalue weighted by atomic mass is 32.1. The molecule has 9 aromatic rings. The molecule has 3 aliphatic rings. The second-order valence-electron chi connectivity index (χ2n) is 15.2. The molecule has 0 N–H and O–H groups in total. The number of hydrogen-bond donors (Lipinski definition) is 0. The Morgan fingerprint density at radius 1 is 0.500 bits per heavy atom. The van der Waals surface area contributed by atoms with Crippen molar-refractivity contribution in [2.45, 2.75) is 24.7 Å². The molecule has 0 unspecified atom stereocenters. The van der Waals surface area contributed by atoms with Crippen LogP contribution in [0, 0.1) is 0 Å². The standard InChI is InChI=1S/C50H32N2OS/c1-49(2)36-19-7-3-16-32(36)35-28-29(26-27-37(35)49)48-51-44-33-17-6-12-25-43(33)54-47(44)45(52-48)34-18-13-23-41-46(34)53-42-24-11-10-22-40(42)50(41)38-20-8-4-14-30(38)31-15-5-9-21-39(31)50/h3-28H,1-2H3. The Bertz CT molecular complexity index is 3030. The summed E-state index contributed by atoms with van der Waals surface area (Å²) in [4.78, 5) is 10.9. The minimum atomic E-state index is -0.553. The molecule has 2 aliphatic carbocycles. The second-order valence-corrected chi connectivity index (χ2v) is 16.3. The SMILES string of the molecule is CC1(C)c2ccccc2-c2cc(-c3nc(-c4cccc5c4Oc4ccccc4C54c5ccccc5-c5ccccc54)c4sc5ccccc5c4n3)ccc21. The molecule has 0 bridgehead atoms. The Kier molecular flexibility index (Phi) is 5.93. The lowest BCUT2D eigenvalue weighted by molar-refractivity contribution is 0.438. The summed E-state index contributed by atoms with van der Waals surface area (Å²) in [5.74, 6) is 2.42. The summed E-state index contributed by atoms with van der Waals surface area (Å²) in [6, 6.07) is 57.1. The first-order valence-corrected chi connectivity index (χ1v) is 19.4. The topological polar surface area (TPSA) is 35.0 Å². The summed E-state index contributed by atoms with van der Waals surface area (Å²) >= 11 is 1.75. The third-order valence-corrected chi connectivity index (χ3v) is 13.4. The molecule has 12 rings (SSSR count). The summed E-state index contributed by atoms with van der Waals surface area (Å²) in [7, 11) is 0. The molecule has 3 nitrogen and oxygen atoms in total. The second kappa shape index (κ2) is 10.6. The third kappa shape index (κ3) is 3.75. The number of para-hydroxylation sites is 2. The fraction of sp³-hybridized carbons (Fsp3) is 0.0800. The maximum absolute atomic E-state index is 7.12. The monoisotopic (exact) mass is 708 g/mol. The molecular weight excluding hydrogens is 677 g/mol. The van der Waals surface area contributed by atoms with Gasteiger partial charge in [0.1, 0.15) is 11.5 Å². The maximum Gasteiger partial charge on any atom is 0.160 e. The van der Waals surface area contributed by atoms with Crippen molar-refractivity contribution >= 4 is 31.6 Å². The van der Waals surface area contributed by atoms with E-state index in [1.165, 1.54) is 49.2 Å². The zero-order valence-electron chi connectivity index (χ0n) is 29.7. The number of nitrogens with zero attached hydrogens (tertiary/aromatic N) is 2. The van der Waals surface area contributed by atoms with Gasteiger partial charge in [-0.25, -0.2) is 9.97 Å². The van der Waals surface area contributed by atoms with Gasteiger partial charge >= 0.3 is 0 Å². The zero-order valence-corrected chi connectivity index (χ0v) is 30.5. The summed E-state index contributed by atoms with van der Waals surface area (Å²) < 4.78 is 9.37. The van der Waals surface area contributed by atoms with Gasteiger partial charge in [-0.05, 0) is 68.8 Å². The molecular formula is C50H32N2OS. The van der Waals surface area contributed by atoms with Crippen molar-refractivity contribution in [3.8, 4) is 56.4 Å². The van der Waals surface area contributed by atoms with Crippen LogP contribution in [0.1, 0.15) is 47.2 Å². The first kappa shape index (κ1) is 30.1. The molecule has 0 radical (unpaired) electrons. The highest BCUT2D eigenvalue weighted by Crippen LogP contribution is 2.63. The summed E-state index contributed by atoms with van der Waals surface area (Å²) in [5, 5.41) is 1.14. The lowest BCUT2D eigenvalue weighted by Crippen LogP contribution is -2.32. The Labute approximate surface area is 317 Å². The van der Waals surface area contributed by atoms with Crippen molar-refractivity contribution < 1.29 is 4.74 Å². The predicted octanol–water partition coefficient (Wildman–Crippen LogP) is 13.0. The number of benzene rings is 7. The van der Waals surface area contributed by atoms with Crippen molar-refractivity contribution in [3.63, 3.8) is 0 Å². The van der Waals surface area contributed by atoms with Crippen molar-refractivity contribution in [2.75, 3.05) is 0 Å². The molecule has 3 heterocycles. The Morgan fingerprint density at radius 3 is 1.87 bits per heavy atom. The normalized spacial score (nSPS) is 14.9.